The van der Waals surface area contributed by atoms with E-state index < -0.39 is 10.0 Å². The molecule has 0 bridgehead atoms. The highest BCUT2D eigenvalue weighted by atomic mass is 35.5. The molecule has 1 fully saturated rings. The Morgan fingerprint density at radius 2 is 1.64 bits per heavy atom. The van der Waals surface area contributed by atoms with E-state index in [4.69, 9.17) is 11.6 Å². The van der Waals surface area contributed by atoms with Crippen molar-refractivity contribution in [2.24, 2.45) is 0 Å². The molecule has 0 unspecified atom stereocenters. The molecule has 1 amide bonds. The molecule has 0 aliphatic carbocycles. The highest BCUT2D eigenvalue weighted by Gasteiger charge is 2.30. The number of aryl methyl sites for hydroxylation is 1. The standard InChI is InChI=1S/C18H19ClN2O3S/c1-14-7-8-16(13-17(14)19)25(23,24)21-11-9-20(10-12-21)18(22)15-5-3-2-4-6-15/h2-8,13H,9-12H2,1H3. The summed E-state index contributed by atoms with van der Waals surface area (Å²) in [7, 11) is -3.60. The molecule has 132 valence electrons. The molecule has 0 N–H and O–H groups in total. The van der Waals surface area contributed by atoms with Gasteiger partial charge in [0.1, 0.15) is 0 Å². The van der Waals surface area contributed by atoms with Crippen LogP contribution in [0.15, 0.2) is 53.4 Å². The summed E-state index contributed by atoms with van der Waals surface area (Å²) in [5.41, 5.74) is 1.45. The van der Waals surface area contributed by atoms with Crippen LogP contribution in [0, 0.1) is 6.92 Å². The van der Waals surface area contributed by atoms with Crippen molar-refractivity contribution in [3.63, 3.8) is 0 Å². The molecule has 25 heavy (non-hydrogen) atoms. The Hall–Kier alpha value is -1.89. The minimum atomic E-state index is -3.60. The van der Waals surface area contributed by atoms with Crippen LogP contribution in [0.25, 0.3) is 0 Å². The first-order valence-corrected chi connectivity index (χ1v) is 9.82. The molecule has 5 nitrogen and oxygen atoms in total. The lowest BCUT2D eigenvalue weighted by Gasteiger charge is -2.34. The van der Waals surface area contributed by atoms with Gasteiger partial charge in [-0.15, -0.1) is 0 Å². The molecule has 0 spiro atoms. The maximum Gasteiger partial charge on any atom is 0.253 e. The lowest BCUT2D eigenvalue weighted by molar-refractivity contribution is 0.0698. The second-order valence-electron chi connectivity index (χ2n) is 5.97. The minimum absolute atomic E-state index is 0.0731. The van der Waals surface area contributed by atoms with Crippen molar-refractivity contribution in [3.05, 3.63) is 64.7 Å². The molecule has 1 heterocycles. The third-order valence-electron chi connectivity index (χ3n) is 4.33. The van der Waals surface area contributed by atoms with Gasteiger partial charge in [-0.1, -0.05) is 35.9 Å². The van der Waals surface area contributed by atoms with Crippen molar-refractivity contribution >= 4 is 27.5 Å². The Morgan fingerprint density at radius 3 is 2.24 bits per heavy atom. The molecule has 3 rings (SSSR count). The third-order valence-corrected chi connectivity index (χ3v) is 6.63. The first-order valence-electron chi connectivity index (χ1n) is 8.00. The molecule has 7 heteroatoms. The van der Waals surface area contributed by atoms with Gasteiger partial charge in [0.05, 0.1) is 4.90 Å². The number of piperazine rings is 1. The molecular weight excluding hydrogens is 360 g/mol. The summed E-state index contributed by atoms with van der Waals surface area (Å²) < 4.78 is 26.9. The minimum Gasteiger partial charge on any atom is -0.336 e. The van der Waals surface area contributed by atoms with Gasteiger partial charge in [-0.05, 0) is 36.8 Å². The average molecular weight is 379 g/mol. The molecule has 0 atom stereocenters. The summed E-state index contributed by atoms with van der Waals surface area (Å²) in [6.45, 7) is 3.10. The zero-order valence-corrected chi connectivity index (χ0v) is 15.4. The van der Waals surface area contributed by atoms with Crippen LogP contribution < -0.4 is 0 Å². The van der Waals surface area contributed by atoms with Gasteiger partial charge in [0.25, 0.3) is 5.91 Å². The van der Waals surface area contributed by atoms with Crippen LogP contribution in [0.3, 0.4) is 0 Å². The van der Waals surface area contributed by atoms with Gasteiger partial charge in [0.15, 0.2) is 0 Å². The zero-order chi connectivity index (χ0) is 18.0. The van der Waals surface area contributed by atoms with Gasteiger partial charge in [-0.2, -0.15) is 4.31 Å². The Bertz CT molecular complexity index is 876. The van der Waals surface area contributed by atoms with Crippen molar-refractivity contribution in [2.75, 3.05) is 26.2 Å². The van der Waals surface area contributed by atoms with E-state index in [0.717, 1.165) is 5.56 Å². The molecule has 0 radical (unpaired) electrons. The largest absolute Gasteiger partial charge is 0.336 e. The van der Waals surface area contributed by atoms with Crippen LogP contribution in [0.4, 0.5) is 0 Å². The second kappa shape index (κ2) is 7.15. The number of sulfonamides is 1. The van der Waals surface area contributed by atoms with E-state index >= 15 is 0 Å². The van der Waals surface area contributed by atoms with Crippen molar-refractivity contribution in [2.45, 2.75) is 11.8 Å². The van der Waals surface area contributed by atoms with Crippen molar-refractivity contribution in [1.29, 1.82) is 0 Å². The summed E-state index contributed by atoms with van der Waals surface area (Å²) in [5.74, 6) is -0.0731. The van der Waals surface area contributed by atoms with Crippen molar-refractivity contribution in [3.8, 4) is 0 Å². The number of rotatable bonds is 3. The smallest absolute Gasteiger partial charge is 0.253 e. The highest BCUT2D eigenvalue weighted by molar-refractivity contribution is 7.89. The monoisotopic (exact) mass is 378 g/mol. The van der Waals surface area contributed by atoms with Crippen LogP contribution in [-0.4, -0.2) is 49.7 Å². The first-order chi connectivity index (χ1) is 11.9. The number of amides is 1. The van der Waals surface area contributed by atoms with Crippen molar-refractivity contribution < 1.29 is 13.2 Å². The van der Waals surface area contributed by atoms with E-state index in [2.05, 4.69) is 0 Å². The molecule has 0 saturated carbocycles. The number of benzene rings is 2. The van der Waals surface area contributed by atoms with Gasteiger partial charge < -0.3 is 4.90 Å². The first kappa shape index (κ1) is 17.9. The predicted molar refractivity (Wildman–Crippen MR) is 97.3 cm³/mol. The average Bonchev–Trinajstić information content (AvgIpc) is 2.64. The Balaban J connectivity index is 1.71. The predicted octanol–water partition coefficient (Wildman–Crippen LogP) is 2.80. The quantitative estimate of drug-likeness (QED) is 0.825. The molecule has 1 aliphatic rings. The Morgan fingerprint density at radius 1 is 1.00 bits per heavy atom. The fourth-order valence-electron chi connectivity index (χ4n) is 2.78. The van der Waals surface area contributed by atoms with Gasteiger partial charge in [0, 0.05) is 36.8 Å². The lowest BCUT2D eigenvalue weighted by atomic mass is 10.2. The number of hydrogen-bond donors (Lipinski definition) is 0. The molecule has 1 saturated heterocycles. The van der Waals surface area contributed by atoms with E-state index in [-0.39, 0.29) is 23.9 Å². The third kappa shape index (κ3) is 3.71. The van der Waals surface area contributed by atoms with E-state index in [1.54, 1.807) is 29.2 Å². The van der Waals surface area contributed by atoms with Crippen LogP contribution >= 0.6 is 11.6 Å². The van der Waals surface area contributed by atoms with Crippen LogP contribution in [0.1, 0.15) is 15.9 Å². The maximum absolute atomic E-state index is 12.8. The maximum atomic E-state index is 12.8. The van der Waals surface area contributed by atoms with Crippen molar-refractivity contribution in [1.82, 2.24) is 9.21 Å². The summed E-state index contributed by atoms with van der Waals surface area (Å²) in [5, 5.41) is 0.430. The summed E-state index contributed by atoms with van der Waals surface area (Å²) in [6, 6.07) is 13.8. The van der Waals surface area contributed by atoms with Gasteiger partial charge in [0.2, 0.25) is 10.0 Å². The highest BCUT2D eigenvalue weighted by Crippen LogP contribution is 2.23. The second-order valence-corrected chi connectivity index (χ2v) is 8.32. The van der Waals surface area contributed by atoms with E-state index in [9.17, 15) is 13.2 Å². The Kier molecular flexibility index (Phi) is 5.13. The molecular formula is C18H19ClN2O3S. The number of carbonyl (C=O) groups excluding carboxylic acids is 1. The fraction of sp³-hybridized carbons (Fsp3) is 0.278. The fourth-order valence-corrected chi connectivity index (χ4v) is 4.47. The van der Waals surface area contributed by atoms with E-state index in [1.165, 1.54) is 10.4 Å². The number of hydrogen-bond acceptors (Lipinski definition) is 3. The van der Waals surface area contributed by atoms with E-state index in [1.807, 2.05) is 25.1 Å². The van der Waals surface area contributed by atoms with E-state index in [0.29, 0.717) is 23.7 Å². The summed E-state index contributed by atoms with van der Waals surface area (Å²) >= 11 is 6.06. The van der Waals surface area contributed by atoms with Crippen LogP contribution in [0.5, 0.6) is 0 Å². The number of nitrogens with zero attached hydrogens (tertiary/aromatic N) is 2. The normalized spacial score (nSPS) is 16.0. The summed E-state index contributed by atoms with van der Waals surface area (Å²) in [4.78, 5) is 14.3. The number of carbonyl (C=O) groups is 1. The lowest BCUT2D eigenvalue weighted by Crippen LogP contribution is -2.50. The number of halogens is 1. The molecule has 2 aromatic carbocycles. The molecule has 2 aromatic rings. The molecule has 1 aliphatic heterocycles. The molecule has 0 aromatic heterocycles. The Labute approximate surface area is 152 Å². The zero-order valence-electron chi connectivity index (χ0n) is 13.9. The van der Waals surface area contributed by atoms with Gasteiger partial charge >= 0.3 is 0 Å². The van der Waals surface area contributed by atoms with Gasteiger partial charge in [-0.3, -0.25) is 4.79 Å². The van der Waals surface area contributed by atoms with Gasteiger partial charge in [-0.25, -0.2) is 8.42 Å². The van der Waals surface area contributed by atoms with Crippen LogP contribution in [0.2, 0.25) is 5.02 Å². The summed E-state index contributed by atoms with van der Waals surface area (Å²) in [6.07, 6.45) is 0. The van der Waals surface area contributed by atoms with Crippen LogP contribution in [-0.2, 0) is 10.0 Å². The SMILES string of the molecule is Cc1ccc(S(=O)(=O)N2CCN(C(=O)c3ccccc3)CC2)cc1Cl. The topological polar surface area (TPSA) is 57.7 Å².